The SMILES string of the molecule is CC1=N/C(=C\c2ccccc2)C(=O)N1C(=S)N=N/C(=N/Nc1ccccc1)c1ccc(N(C)C)cc1. The number of hydrogen-bond acceptors (Lipinski definition) is 6. The lowest BCUT2D eigenvalue weighted by Crippen LogP contribution is -2.34. The number of benzene rings is 3. The first-order valence-electron chi connectivity index (χ1n) is 11.2. The molecule has 4 rings (SSSR count). The van der Waals surface area contributed by atoms with E-state index in [0.29, 0.717) is 11.7 Å². The quantitative estimate of drug-likeness (QED) is 0.125. The number of nitrogens with zero attached hydrogens (tertiary/aromatic N) is 6. The summed E-state index contributed by atoms with van der Waals surface area (Å²) in [4.78, 5) is 20.6. The van der Waals surface area contributed by atoms with E-state index in [9.17, 15) is 4.79 Å². The minimum atomic E-state index is -0.350. The molecule has 0 saturated carbocycles. The second kappa shape index (κ2) is 11.3. The van der Waals surface area contributed by atoms with Gasteiger partial charge in [0.1, 0.15) is 11.5 Å². The summed E-state index contributed by atoms with van der Waals surface area (Å²) in [5.41, 5.74) is 6.72. The van der Waals surface area contributed by atoms with Gasteiger partial charge in [0.15, 0.2) is 0 Å². The van der Waals surface area contributed by atoms with Gasteiger partial charge in [0.2, 0.25) is 10.9 Å². The maximum atomic E-state index is 13.0. The van der Waals surface area contributed by atoms with E-state index >= 15 is 0 Å². The molecule has 0 aliphatic carbocycles. The summed E-state index contributed by atoms with van der Waals surface area (Å²) in [5.74, 6) is 0.395. The molecule has 1 heterocycles. The van der Waals surface area contributed by atoms with Gasteiger partial charge in [0.05, 0.1) is 5.69 Å². The van der Waals surface area contributed by atoms with Crippen molar-refractivity contribution in [2.45, 2.75) is 6.92 Å². The van der Waals surface area contributed by atoms with Crippen LogP contribution in [0.2, 0.25) is 0 Å². The van der Waals surface area contributed by atoms with Crippen LogP contribution in [0.3, 0.4) is 0 Å². The molecule has 1 aliphatic rings. The maximum Gasteiger partial charge on any atom is 0.284 e. The first-order valence-corrected chi connectivity index (χ1v) is 11.6. The van der Waals surface area contributed by atoms with Gasteiger partial charge in [0, 0.05) is 25.3 Å². The fourth-order valence-electron chi connectivity index (χ4n) is 3.38. The number of carbonyl (C=O) groups is 1. The van der Waals surface area contributed by atoms with Gasteiger partial charge >= 0.3 is 0 Å². The topological polar surface area (TPSA) is 85.0 Å². The Morgan fingerprint density at radius 2 is 1.58 bits per heavy atom. The van der Waals surface area contributed by atoms with E-state index in [4.69, 9.17) is 12.2 Å². The number of rotatable bonds is 5. The number of para-hydroxylation sites is 1. The summed E-state index contributed by atoms with van der Waals surface area (Å²) in [7, 11) is 3.94. The number of nitrogens with one attached hydrogen (secondary N) is 1. The van der Waals surface area contributed by atoms with Crippen molar-refractivity contribution >= 4 is 52.4 Å². The average molecular weight is 496 g/mol. The van der Waals surface area contributed by atoms with E-state index in [2.05, 4.69) is 25.7 Å². The number of amides is 1. The first-order chi connectivity index (χ1) is 17.4. The van der Waals surface area contributed by atoms with E-state index in [1.165, 1.54) is 4.90 Å². The van der Waals surface area contributed by atoms with Crippen LogP contribution >= 0.6 is 12.2 Å². The van der Waals surface area contributed by atoms with Crippen LogP contribution in [0.4, 0.5) is 11.4 Å². The molecule has 0 aromatic heterocycles. The number of azo groups is 1. The van der Waals surface area contributed by atoms with Gasteiger partial charge in [0.25, 0.3) is 5.91 Å². The summed E-state index contributed by atoms with van der Waals surface area (Å²) in [6, 6.07) is 26.7. The minimum Gasteiger partial charge on any atom is -0.378 e. The molecule has 1 N–H and O–H groups in total. The van der Waals surface area contributed by atoms with Gasteiger partial charge in [-0.2, -0.15) is 5.10 Å². The Hall–Kier alpha value is -4.50. The normalized spacial score (nSPS) is 14.9. The van der Waals surface area contributed by atoms with Crippen LogP contribution in [0, 0.1) is 0 Å². The van der Waals surface area contributed by atoms with Crippen LogP contribution in [0.15, 0.2) is 111 Å². The third-order valence-corrected chi connectivity index (χ3v) is 5.52. The van der Waals surface area contributed by atoms with Crippen LogP contribution in [-0.4, -0.2) is 41.7 Å². The molecule has 0 spiro atoms. The summed E-state index contributed by atoms with van der Waals surface area (Å²) < 4.78 is 0. The molecule has 3 aromatic rings. The van der Waals surface area contributed by atoms with Crippen molar-refractivity contribution in [2.75, 3.05) is 24.4 Å². The second-order valence-corrected chi connectivity index (χ2v) is 8.44. The van der Waals surface area contributed by atoms with E-state index < -0.39 is 0 Å². The van der Waals surface area contributed by atoms with E-state index in [-0.39, 0.29) is 16.7 Å². The zero-order valence-electron chi connectivity index (χ0n) is 20.2. The number of carbonyl (C=O) groups excluding carboxylic acids is 1. The highest BCUT2D eigenvalue weighted by Gasteiger charge is 2.31. The third kappa shape index (κ3) is 5.94. The third-order valence-electron chi connectivity index (χ3n) is 5.26. The number of hydrazone groups is 1. The number of aliphatic imine (C=N–C) groups is 1. The molecule has 0 atom stereocenters. The molecule has 1 aliphatic heterocycles. The molecule has 36 heavy (non-hydrogen) atoms. The Balaban J connectivity index is 1.57. The van der Waals surface area contributed by atoms with Crippen molar-refractivity contribution in [3.63, 3.8) is 0 Å². The largest absolute Gasteiger partial charge is 0.378 e. The Morgan fingerprint density at radius 1 is 0.944 bits per heavy atom. The molecule has 1 amide bonds. The van der Waals surface area contributed by atoms with Crippen molar-refractivity contribution in [3.8, 4) is 0 Å². The molecule has 0 bridgehead atoms. The second-order valence-electron chi connectivity index (χ2n) is 8.08. The summed E-state index contributed by atoms with van der Waals surface area (Å²) >= 11 is 5.44. The smallest absolute Gasteiger partial charge is 0.284 e. The lowest BCUT2D eigenvalue weighted by Gasteiger charge is -2.13. The summed E-state index contributed by atoms with van der Waals surface area (Å²) in [5, 5.41) is 12.9. The zero-order valence-corrected chi connectivity index (χ0v) is 21.0. The Morgan fingerprint density at radius 3 is 2.22 bits per heavy atom. The molecule has 180 valence electrons. The van der Waals surface area contributed by atoms with Gasteiger partial charge < -0.3 is 4.90 Å². The van der Waals surface area contributed by atoms with Crippen molar-refractivity contribution < 1.29 is 4.79 Å². The van der Waals surface area contributed by atoms with Crippen LogP contribution in [-0.2, 0) is 4.79 Å². The highest BCUT2D eigenvalue weighted by atomic mass is 32.1. The standard InChI is InChI=1S/C27H25N7OS/c1-19-28-24(18-20-10-6-4-7-11-20)26(35)34(19)27(36)32-31-25(30-29-22-12-8-5-9-13-22)21-14-16-23(17-15-21)33(2)3/h4-18,29H,1-3H3/b24-18-,30-25+,32-31?. The number of anilines is 2. The van der Waals surface area contributed by atoms with Crippen molar-refractivity contribution in [1.82, 2.24) is 4.90 Å². The highest BCUT2D eigenvalue weighted by Crippen LogP contribution is 2.20. The Labute approximate surface area is 215 Å². The van der Waals surface area contributed by atoms with Crippen LogP contribution in [0.5, 0.6) is 0 Å². The summed E-state index contributed by atoms with van der Waals surface area (Å²) in [6.45, 7) is 1.71. The fourth-order valence-corrected chi connectivity index (χ4v) is 3.63. The predicted molar refractivity (Wildman–Crippen MR) is 149 cm³/mol. The molecule has 0 unspecified atom stereocenters. The van der Waals surface area contributed by atoms with Crippen molar-refractivity contribution in [2.24, 2.45) is 20.3 Å². The van der Waals surface area contributed by atoms with Crippen LogP contribution in [0.25, 0.3) is 6.08 Å². The molecule has 8 nitrogen and oxygen atoms in total. The Kier molecular flexibility index (Phi) is 7.72. The molecule has 0 radical (unpaired) electrons. The zero-order chi connectivity index (χ0) is 25.5. The highest BCUT2D eigenvalue weighted by molar-refractivity contribution is 7.80. The maximum absolute atomic E-state index is 13.0. The monoisotopic (exact) mass is 495 g/mol. The van der Waals surface area contributed by atoms with E-state index in [0.717, 1.165) is 22.5 Å². The lowest BCUT2D eigenvalue weighted by molar-refractivity contribution is -0.120. The molecular formula is C27H25N7OS. The lowest BCUT2D eigenvalue weighted by atomic mass is 10.2. The number of hydrogen-bond donors (Lipinski definition) is 1. The molecular weight excluding hydrogens is 470 g/mol. The molecule has 9 heteroatoms. The molecule has 0 saturated heterocycles. The minimum absolute atomic E-state index is 0.0185. The van der Waals surface area contributed by atoms with Crippen molar-refractivity contribution in [1.29, 1.82) is 0 Å². The average Bonchev–Trinajstić information content (AvgIpc) is 3.17. The molecule has 3 aromatic carbocycles. The van der Waals surface area contributed by atoms with Gasteiger partial charge in [-0.15, -0.1) is 10.2 Å². The number of amidine groups is 2. The number of thiocarbonyl (C=S) groups is 1. The van der Waals surface area contributed by atoms with Crippen molar-refractivity contribution in [3.05, 3.63) is 102 Å². The van der Waals surface area contributed by atoms with E-state index in [1.807, 2.05) is 104 Å². The summed E-state index contributed by atoms with van der Waals surface area (Å²) in [6.07, 6.45) is 1.72. The van der Waals surface area contributed by atoms with Gasteiger partial charge in [-0.1, -0.05) is 48.5 Å². The predicted octanol–water partition coefficient (Wildman–Crippen LogP) is 5.57. The first kappa shape index (κ1) is 24.6. The van der Waals surface area contributed by atoms with E-state index in [1.54, 1.807) is 13.0 Å². The fraction of sp³-hybridized carbons (Fsp3) is 0.111. The Bertz CT molecular complexity index is 1360. The van der Waals surface area contributed by atoms with Gasteiger partial charge in [-0.3, -0.25) is 10.2 Å². The van der Waals surface area contributed by atoms with Gasteiger partial charge in [-0.05, 0) is 67.2 Å². The van der Waals surface area contributed by atoms with Crippen LogP contribution < -0.4 is 10.3 Å². The van der Waals surface area contributed by atoms with Crippen LogP contribution in [0.1, 0.15) is 18.1 Å². The van der Waals surface area contributed by atoms with Gasteiger partial charge in [-0.25, -0.2) is 9.89 Å². The molecule has 0 fully saturated rings.